The van der Waals surface area contributed by atoms with Crippen molar-refractivity contribution in [3.8, 4) is 35.1 Å². The molecule has 0 radical (unpaired) electrons. The van der Waals surface area contributed by atoms with Crippen molar-refractivity contribution in [1.29, 1.82) is 10.5 Å². The molecule has 2 heterocycles. The zero-order chi connectivity index (χ0) is 46.1. The number of ketones is 1. The van der Waals surface area contributed by atoms with Crippen LogP contribution < -0.4 is 18.9 Å². The second-order valence-corrected chi connectivity index (χ2v) is 12.1. The van der Waals surface area contributed by atoms with Gasteiger partial charge < -0.3 is 24.1 Å². The lowest BCUT2D eigenvalue weighted by Gasteiger charge is -2.37. The molecule has 0 amide bonds. The van der Waals surface area contributed by atoms with Gasteiger partial charge in [-0.25, -0.2) is 0 Å². The van der Waals surface area contributed by atoms with Crippen LogP contribution in [0, 0.1) is 50.4 Å². The van der Waals surface area contributed by atoms with Gasteiger partial charge in [-0.05, 0) is 88.5 Å². The Labute approximate surface area is 358 Å². The average molecular weight is 813 g/mol. The van der Waals surface area contributed by atoms with Crippen LogP contribution in [-0.4, -0.2) is 43.4 Å². The number of rotatable bonds is 2. The van der Waals surface area contributed by atoms with Crippen molar-refractivity contribution in [2.45, 2.75) is 207 Å². The number of nitriles is 2. The van der Waals surface area contributed by atoms with E-state index >= 15 is 0 Å². The molecule has 0 spiro atoms. The number of hydrogen-bond donors (Lipinski definition) is 1. The van der Waals surface area contributed by atoms with Crippen LogP contribution in [0.2, 0.25) is 0 Å². The SMILES string of the molecule is CC.CC.CC.CC.CC.CC.CC.CC.Cc1cc(C)c(C2(C#N)CCC(=O)CC2)c2c1OCCO2.Cc1cc(C)c(C2(C#N)CCC(O)CC2)c2c1OCCO2. The topological polar surface area (TPSA) is 122 Å². The van der Waals surface area contributed by atoms with Gasteiger partial charge in [-0.2, -0.15) is 10.5 Å². The molecule has 2 saturated carbocycles. The molecule has 2 aromatic carbocycles. The molecule has 2 aliphatic heterocycles. The number of aryl methyl sites for hydroxylation is 4. The Morgan fingerprint density at radius 3 is 1.07 bits per heavy atom. The maximum Gasteiger partial charge on any atom is 0.166 e. The van der Waals surface area contributed by atoms with Gasteiger partial charge in [0.25, 0.3) is 0 Å². The summed E-state index contributed by atoms with van der Waals surface area (Å²) in [5.41, 5.74) is 4.91. The van der Waals surface area contributed by atoms with Crippen LogP contribution in [0.25, 0.3) is 0 Å². The van der Waals surface area contributed by atoms with Crippen molar-refractivity contribution in [3.63, 3.8) is 0 Å². The maximum absolute atomic E-state index is 11.6. The van der Waals surface area contributed by atoms with Crippen LogP contribution in [0.15, 0.2) is 12.1 Å². The number of carbonyl (C=O) groups excluding carboxylic acids is 1. The Morgan fingerprint density at radius 2 is 0.776 bits per heavy atom. The van der Waals surface area contributed by atoms with E-state index < -0.39 is 10.8 Å². The molecule has 6 rings (SSSR count). The predicted molar refractivity (Wildman–Crippen MR) is 247 cm³/mol. The summed E-state index contributed by atoms with van der Waals surface area (Å²) in [4.78, 5) is 11.6. The molecule has 0 unspecified atom stereocenters. The number of carbonyl (C=O) groups is 1. The number of Topliss-reactive ketones (excluding diaryl/α,β-unsaturated/α-hetero) is 1. The molecule has 4 aliphatic rings. The number of nitrogens with zero attached hydrogens (tertiary/aromatic N) is 2. The summed E-state index contributed by atoms with van der Waals surface area (Å²) >= 11 is 0. The van der Waals surface area contributed by atoms with Crippen molar-refractivity contribution in [1.82, 2.24) is 0 Å². The zero-order valence-electron chi connectivity index (χ0n) is 41.1. The Balaban J connectivity index is -0.000000374. The highest BCUT2D eigenvalue weighted by Gasteiger charge is 2.43. The number of ether oxygens (including phenoxy) is 4. The molecular weight excluding hydrogens is 725 g/mol. The third kappa shape index (κ3) is 16.1. The number of aliphatic hydroxyl groups is 1. The lowest BCUT2D eigenvalue weighted by molar-refractivity contribution is -0.121. The highest BCUT2D eigenvalue weighted by Crippen LogP contribution is 2.51. The van der Waals surface area contributed by atoms with E-state index in [0.29, 0.717) is 77.8 Å². The first-order valence-electron chi connectivity index (χ1n) is 23.0. The molecule has 58 heavy (non-hydrogen) atoms. The fourth-order valence-electron chi connectivity index (χ4n) is 7.15. The highest BCUT2D eigenvalue weighted by atomic mass is 16.6. The van der Waals surface area contributed by atoms with Gasteiger partial charge in [0.2, 0.25) is 0 Å². The van der Waals surface area contributed by atoms with Gasteiger partial charge in [0.05, 0.1) is 29.1 Å². The Bertz CT molecular complexity index is 1450. The molecule has 2 aliphatic carbocycles. The smallest absolute Gasteiger partial charge is 0.166 e. The van der Waals surface area contributed by atoms with Crippen molar-refractivity contribution < 1.29 is 28.8 Å². The second kappa shape index (κ2) is 35.2. The lowest BCUT2D eigenvalue weighted by atomic mass is 9.68. The third-order valence-electron chi connectivity index (χ3n) is 9.24. The minimum absolute atomic E-state index is 0.247. The molecule has 0 aromatic heterocycles. The predicted octanol–water partition coefficient (Wildman–Crippen LogP) is 14.0. The number of fused-ring (bicyclic) bond motifs is 2. The van der Waals surface area contributed by atoms with Crippen LogP contribution in [0.3, 0.4) is 0 Å². The van der Waals surface area contributed by atoms with Crippen molar-refractivity contribution in [3.05, 3.63) is 45.5 Å². The van der Waals surface area contributed by atoms with Crippen molar-refractivity contribution >= 4 is 5.78 Å². The molecule has 334 valence electrons. The summed E-state index contributed by atoms with van der Waals surface area (Å²) in [6.45, 7) is 42.2. The van der Waals surface area contributed by atoms with Gasteiger partial charge in [0.1, 0.15) is 32.2 Å². The van der Waals surface area contributed by atoms with Crippen molar-refractivity contribution in [2.75, 3.05) is 26.4 Å². The third-order valence-corrected chi connectivity index (χ3v) is 9.24. The van der Waals surface area contributed by atoms with E-state index in [1.54, 1.807) is 0 Å². The molecule has 0 bridgehead atoms. The minimum Gasteiger partial charge on any atom is -0.486 e. The fourth-order valence-corrected chi connectivity index (χ4v) is 7.15. The Kier molecular flexibility index (Phi) is 37.0. The van der Waals surface area contributed by atoms with Crippen molar-refractivity contribution in [2.24, 2.45) is 0 Å². The van der Waals surface area contributed by atoms with Crippen LogP contribution in [0.5, 0.6) is 23.0 Å². The lowest BCUT2D eigenvalue weighted by Crippen LogP contribution is -2.34. The molecule has 0 atom stereocenters. The van der Waals surface area contributed by atoms with E-state index in [-0.39, 0.29) is 11.9 Å². The van der Waals surface area contributed by atoms with E-state index in [9.17, 15) is 20.4 Å². The van der Waals surface area contributed by atoms with Crippen LogP contribution in [0.4, 0.5) is 0 Å². The number of aliphatic hydroxyl groups excluding tert-OH is 1. The Morgan fingerprint density at radius 1 is 0.500 bits per heavy atom. The molecule has 2 fully saturated rings. The summed E-state index contributed by atoms with van der Waals surface area (Å²) in [6.07, 6.45) is 4.46. The average Bonchev–Trinajstić information content (AvgIpc) is 3.31. The first-order chi connectivity index (χ1) is 28.1. The van der Waals surface area contributed by atoms with Gasteiger partial charge in [0, 0.05) is 24.0 Å². The van der Waals surface area contributed by atoms with Gasteiger partial charge in [-0.3, -0.25) is 4.79 Å². The molecule has 1 N–H and O–H groups in total. The monoisotopic (exact) mass is 813 g/mol. The summed E-state index contributed by atoms with van der Waals surface area (Å²) in [7, 11) is 0. The summed E-state index contributed by atoms with van der Waals surface area (Å²) in [5, 5.41) is 29.4. The largest absolute Gasteiger partial charge is 0.486 e. The van der Waals surface area contributed by atoms with E-state index in [1.807, 2.05) is 138 Å². The van der Waals surface area contributed by atoms with E-state index in [1.165, 1.54) is 0 Å². The molecular formula is C50H88N2O6. The fraction of sp³-hybridized carbons (Fsp3) is 0.700. The number of hydrogen-bond acceptors (Lipinski definition) is 8. The van der Waals surface area contributed by atoms with Gasteiger partial charge in [0.15, 0.2) is 23.0 Å². The molecule has 0 saturated heterocycles. The quantitative estimate of drug-likeness (QED) is 0.318. The van der Waals surface area contributed by atoms with Crippen LogP contribution in [0.1, 0.15) is 196 Å². The normalized spacial score (nSPS) is 18.2. The first kappa shape index (κ1) is 60.9. The maximum atomic E-state index is 11.6. The van der Waals surface area contributed by atoms with Gasteiger partial charge >= 0.3 is 0 Å². The molecule has 8 nitrogen and oxygen atoms in total. The molecule has 8 heteroatoms. The van der Waals surface area contributed by atoms with E-state index in [2.05, 4.69) is 24.3 Å². The van der Waals surface area contributed by atoms with E-state index in [0.717, 1.165) is 56.4 Å². The summed E-state index contributed by atoms with van der Waals surface area (Å²) in [6, 6.07) is 9.13. The van der Waals surface area contributed by atoms with Gasteiger partial charge in [-0.15, -0.1) is 0 Å². The standard InChI is InChI=1S/C17H21NO3.C17H19NO3.8C2H6/c2*1-11-9-12(2)15-16(21-8-7-20-15)14(11)17(10-18)5-3-13(19)4-6-17;8*1-2/h9,13,19H,3-8H2,1-2H3;9H,3-8H2,1-2H3;8*1-2H3. The summed E-state index contributed by atoms with van der Waals surface area (Å²) < 4.78 is 23.3. The molecule has 2 aromatic rings. The zero-order valence-corrected chi connectivity index (χ0v) is 41.1. The van der Waals surface area contributed by atoms with Crippen LogP contribution >= 0.6 is 0 Å². The minimum atomic E-state index is -0.628. The first-order valence-corrected chi connectivity index (χ1v) is 23.0. The summed E-state index contributed by atoms with van der Waals surface area (Å²) in [5.74, 6) is 3.25. The van der Waals surface area contributed by atoms with E-state index in [4.69, 9.17) is 18.9 Å². The number of benzene rings is 2. The van der Waals surface area contributed by atoms with Crippen LogP contribution in [-0.2, 0) is 15.6 Å². The second-order valence-electron chi connectivity index (χ2n) is 12.1. The van der Waals surface area contributed by atoms with Gasteiger partial charge in [-0.1, -0.05) is 123 Å². The highest BCUT2D eigenvalue weighted by molar-refractivity contribution is 5.80. The Hall–Kier alpha value is -3.75.